The van der Waals surface area contributed by atoms with E-state index >= 15 is 0 Å². The molecule has 2 aromatic carbocycles. The fourth-order valence-electron chi connectivity index (χ4n) is 2.58. The van der Waals surface area contributed by atoms with Crippen LogP contribution in [-0.2, 0) is 23.0 Å². The Morgan fingerprint density at radius 3 is 2.19 bits per heavy atom. The molecule has 2 aromatic rings. The van der Waals surface area contributed by atoms with Gasteiger partial charge >= 0.3 is 51.4 Å². The summed E-state index contributed by atoms with van der Waals surface area (Å²) in [6.07, 6.45) is 3.73. The fraction of sp³-hybridized carbons (Fsp3) is 0.375. The van der Waals surface area contributed by atoms with Crippen molar-refractivity contribution in [3.8, 4) is 0 Å². The summed E-state index contributed by atoms with van der Waals surface area (Å²) in [7, 11) is -4.44. The summed E-state index contributed by atoms with van der Waals surface area (Å²) in [5.41, 5.74) is 2.16. The monoisotopic (exact) mass is 330 g/mol. The Bertz CT molecular complexity index is 724. The molecule has 0 saturated carbocycles. The van der Waals surface area contributed by atoms with Crippen molar-refractivity contribution in [2.75, 3.05) is 0 Å². The number of benzene rings is 2. The quantitative estimate of drug-likeness (QED) is 0.597. The Balaban J connectivity index is 0.00000220. The average molecular weight is 330 g/mol. The van der Waals surface area contributed by atoms with Crippen LogP contribution < -0.4 is 51.4 Å². The van der Waals surface area contributed by atoms with Gasteiger partial charge < -0.3 is 4.55 Å². The summed E-state index contributed by atoms with van der Waals surface area (Å²) in [6.45, 7) is 4.15. The van der Waals surface area contributed by atoms with E-state index in [2.05, 4.69) is 13.8 Å². The van der Waals surface area contributed by atoms with Crippen LogP contribution in [0.1, 0.15) is 37.8 Å². The Morgan fingerprint density at radius 1 is 0.952 bits per heavy atom. The normalized spacial score (nSPS) is 11.4. The molecule has 0 amide bonds. The van der Waals surface area contributed by atoms with Gasteiger partial charge in [-0.1, -0.05) is 44.9 Å². The van der Waals surface area contributed by atoms with Crippen molar-refractivity contribution in [1.29, 1.82) is 0 Å². The number of aryl methyl sites for hydroxylation is 2. The molecule has 0 aliphatic carbocycles. The molecule has 0 heterocycles. The molecule has 0 aliphatic rings. The van der Waals surface area contributed by atoms with E-state index < -0.39 is 10.1 Å². The second-order valence-corrected chi connectivity index (χ2v) is 6.40. The van der Waals surface area contributed by atoms with Gasteiger partial charge in [0.05, 0.1) is 4.90 Å². The third kappa shape index (κ3) is 4.61. The van der Waals surface area contributed by atoms with Crippen LogP contribution in [0.4, 0.5) is 0 Å². The van der Waals surface area contributed by atoms with Crippen LogP contribution in [0.3, 0.4) is 0 Å². The smallest absolute Gasteiger partial charge is 0.744 e. The van der Waals surface area contributed by atoms with Crippen molar-refractivity contribution >= 4 is 20.9 Å². The van der Waals surface area contributed by atoms with Crippen LogP contribution >= 0.6 is 0 Å². The van der Waals surface area contributed by atoms with Gasteiger partial charge in [-0.15, -0.1) is 0 Å². The second kappa shape index (κ2) is 8.20. The number of hydrogen-bond acceptors (Lipinski definition) is 3. The molecule has 0 unspecified atom stereocenters. The summed E-state index contributed by atoms with van der Waals surface area (Å²) >= 11 is 0. The van der Waals surface area contributed by atoms with Crippen molar-refractivity contribution < 1.29 is 64.4 Å². The number of hydrogen-bond donors (Lipinski definition) is 0. The Hall–Kier alpha value is 0.246. The molecule has 2 rings (SSSR count). The molecule has 0 saturated heterocycles. The van der Waals surface area contributed by atoms with Crippen LogP contribution in [0.25, 0.3) is 10.8 Å². The van der Waals surface area contributed by atoms with Gasteiger partial charge in [-0.2, -0.15) is 0 Å². The largest absolute Gasteiger partial charge is 1.00 e. The molecular formula is C16H19KO3S. The van der Waals surface area contributed by atoms with Gasteiger partial charge in [0, 0.05) is 0 Å². The molecule has 0 N–H and O–H groups in total. The first kappa shape index (κ1) is 19.3. The van der Waals surface area contributed by atoms with Crippen molar-refractivity contribution in [1.82, 2.24) is 0 Å². The van der Waals surface area contributed by atoms with Crippen LogP contribution in [0.5, 0.6) is 0 Å². The van der Waals surface area contributed by atoms with Gasteiger partial charge in [0.15, 0.2) is 0 Å². The van der Waals surface area contributed by atoms with Crippen molar-refractivity contribution in [3.63, 3.8) is 0 Å². The van der Waals surface area contributed by atoms with Gasteiger partial charge in [0.2, 0.25) is 0 Å². The molecule has 0 radical (unpaired) electrons. The zero-order valence-electron chi connectivity index (χ0n) is 12.8. The van der Waals surface area contributed by atoms with E-state index in [0.29, 0.717) is 5.39 Å². The van der Waals surface area contributed by atoms with E-state index in [1.165, 1.54) is 6.07 Å². The second-order valence-electron chi connectivity index (χ2n) is 5.06. The minimum atomic E-state index is -4.44. The van der Waals surface area contributed by atoms with E-state index in [1.807, 2.05) is 18.2 Å². The fourth-order valence-corrected chi connectivity index (χ4v) is 3.25. The van der Waals surface area contributed by atoms with Crippen LogP contribution in [-0.4, -0.2) is 13.0 Å². The minimum absolute atomic E-state index is 0. The summed E-state index contributed by atoms with van der Waals surface area (Å²) in [6, 6.07) is 9.02. The maximum Gasteiger partial charge on any atom is 1.00 e. The van der Waals surface area contributed by atoms with Crippen LogP contribution in [0.15, 0.2) is 35.2 Å². The standard InChI is InChI=1S/C16H20O3S.K/c1-3-5-12-7-9-14-13(6-4-2)8-10-16(15(14)11-12)20(17,18)19;/h7-11H,3-6H2,1-2H3,(H,17,18,19);/q;+1/p-1. The third-order valence-corrected chi connectivity index (χ3v) is 4.35. The van der Waals surface area contributed by atoms with E-state index in [1.54, 1.807) is 6.07 Å². The summed E-state index contributed by atoms with van der Waals surface area (Å²) in [5.74, 6) is 0. The third-order valence-electron chi connectivity index (χ3n) is 3.46. The van der Waals surface area contributed by atoms with E-state index in [4.69, 9.17) is 0 Å². The SMILES string of the molecule is CCCc1ccc2c(CCC)ccc(S(=O)(=O)[O-])c2c1.[K+]. The Morgan fingerprint density at radius 2 is 1.62 bits per heavy atom. The van der Waals surface area contributed by atoms with E-state index in [-0.39, 0.29) is 56.3 Å². The first-order valence-electron chi connectivity index (χ1n) is 6.97. The Labute approximate surface area is 169 Å². The minimum Gasteiger partial charge on any atom is -0.744 e. The molecule has 0 aliphatic heterocycles. The van der Waals surface area contributed by atoms with Gasteiger partial charge in [-0.3, -0.25) is 0 Å². The topological polar surface area (TPSA) is 57.2 Å². The molecule has 0 spiro atoms. The Kier molecular flexibility index (Phi) is 7.53. The summed E-state index contributed by atoms with van der Waals surface area (Å²) < 4.78 is 34.3. The van der Waals surface area contributed by atoms with Crippen molar-refractivity contribution in [2.24, 2.45) is 0 Å². The zero-order chi connectivity index (χ0) is 14.8. The van der Waals surface area contributed by atoms with Crippen LogP contribution in [0, 0.1) is 0 Å². The molecule has 108 valence electrons. The number of rotatable bonds is 5. The van der Waals surface area contributed by atoms with E-state index in [9.17, 15) is 13.0 Å². The molecular weight excluding hydrogens is 311 g/mol. The molecule has 3 nitrogen and oxygen atoms in total. The molecule has 0 fully saturated rings. The van der Waals surface area contributed by atoms with Crippen LogP contribution in [0.2, 0.25) is 0 Å². The molecule has 5 heteroatoms. The number of fused-ring (bicyclic) bond motifs is 1. The predicted molar refractivity (Wildman–Crippen MR) is 79.9 cm³/mol. The molecule has 21 heavy (non-hydrogen) atoms. The van der Waals surface area contributed by atoms with Gasteiger partial charge in [0.1, 0.15) is 10.1 Å². The molecule has 0 atom stereocenters. The molecule has 0 aromatic heterocycles. The van der Waals surface area contributed by atoms with Gasteiger partial charge in [-0.05, 0) is 46.9 Å². The summed E-state index contributed by atoms with van der Waals surface area (Å²) in [5, 5.41) is 1.44. The zero-order valence-corrected chi connectivity index (χ0v) is 16.8. The maximum absolute atomic E-state index is 11.4. The summed E-state index contributed by atoms with van der Waals surface area (Å²) in [4.78, 5) is -0.106. The predicted octanol–water partition coefficient (Wildman–Crippen LogP) is 0.653. The van der Waals surface area contributed by atoms with Gasteiger partial charge in [0.25, 0.3) is 0 Å². The van der Waals surface area contributed by atoms with Gasteiger partial charge in [-0.25, -0.2) is 8.42 Å². The average Bonchev–Trinajstić information content (AvgIpc) is 2.38. The maximum atomic E-state index is 11.4. The first-order valence-corrected chi connectivity index (χ1v) is 8.38. The van der Waals surface area contributed by atoms with Crippen molar-refractivity contribution in [2.45, 2.75) is 44.4 Å². The first-order chi connectivity index (χ1) is 9.47. The van der Waals surface area contributed by atoms with E-state index in [0.717, 1.165) is 42.2 Å². The molecule has 0 bridgehead atoms. The van der Waals surface area contributed by atoms with Crippen molar-refractivity contribution in [3.05, 3.63) is 41.5 Å².